The molecule has 0 aliphatic carbocycles. The summed E-state index contributed by atoms with van der Waals surface area (Å²) in [5, 5.41) is 3.78. The molecule has 4 aromatic rings. The maximum absolute atomic E-state index is 13.2. The second-order valence-corrected chi connectivity index (χ2v) is 10.4. The van der Waals surface area contributed by atoms with E-state index in [2.05, 4.69) is 10.0 Å². The van der Waals surface area contributed by atoms with Crippen LogP contribution in [0.2, 0.25) is 5.02 Å². The zero-order chi connectivity index (χ0) is 26.0. The first-order valence-electron chi connectivity index (χ1n) is 11.4. The summed E-state index contributed by atoms with van der Waals surface area (Å²) >= 11 is 5.89. The molecule has 0 atom stereocenters. The number of sulfonamides is 1. The zero-order valence-corrected chi connectivity index (χ0v) is 21.0. The van der Waals surface area contributed by atoms with Crippen molar-refractivity contribution in [2.45, 2.75) is 4.90 Å². The number of benzene rings is 3. The molecule has 0 radical (unpaired) electrons. The highest BCUT2D eigenvalue weighted by atomic mass is 35.5. The van der Waals surface area contributed by atoms with E-state index in [9.17, 15) is 18.0 Å². The summed E-state index contributed by atoms with van der Waals surface area (Å²) < 4.78 is 39.5. The Kier molecular flexibility index (Phi) is 6.88. The van der Waals surface area contributed by atoms with Crippen LogP contribution in [0.15, 0.2) is 86.9 Å². The number of para-hydroxylation sites is 1. The molecule has 3 aromatic carbocycles. The lowest BCUT2D eigenvalue weighted by atomic mass is 10.1. The lowest BCUT2D eigenvalue weighted by molar-refractivity contribution is 0.102. The highest BCUT2D eigenvalue weighted by Gasteiger charge is 2.23. The molecule has 1 aromatic heterocycles. The van der Waals surface area contributed by atoms with E-state index in [1.54, 1.807) is 54.6 Å². The maximum Gasteiger partial charge on any atom is 0.349 e. The fourth-order valence-electron chi connectivity index (χ4n) is 4.00. The van der Waals surface area contributed by atoms with E-state index in [1.165, 1.54) is 18.2 Å². The molecule has 37 heavy (non-hydrogen) atoms. The molecule has 0 saturated carbocycles. The predicted molar refractivity (Wildman–Crippen MR) is 142 cm³/mol. The summed E-state index contributed by atoms with van der Waals surface area (Å²) in [6.45, 7) is 2.08. The molecule has 1 saturated heterocycles. The van der Waals surface area contributed by atoms with Crippen LogP contribution in [0.5, 0.6) is 0 Å². The third-order valence-corrected chi connectivity index (χ3v) is 7.49. The van der Waals surface area contributed by atoms with E-state index in [-0.39, 0.29) is 16.1 Å². The van der Waals surface area contributed by atoms with Gasteiger partial charge < -0.3 is 19.4 Å². The minimum absolute atomic E-state index is 0.0692. The third kappa shape index (κ3) is 5.46. The summed E-state index contributed by atoms with van der Waals surface area (Å²) in [6.07, 6.45) is 0. The minimum Gasteiger partial charge on any atom is -0.422 e. The average molecular weight is 540 g/mol. The SMILES string of the molecule is O=C(Nc1cc(S(=O)(=O)Nc2ccc(Cl)cc2)ccc1N1CCOCC1)c1cc2ccccc2oc1=O. The van der Waals surface area contributed by atoms with Crippen molar-refractivity contribution in [3.63, 3.8) is 0 Å². The number of nitrogens with zero attached hydrogens (tertiary/aromatic N) is 1. The van der Waals surface area contributed by atoms with E-state index in [4.69, 9.17) is 20.8 Å². The number of rotatable bonds is 6. The van der Waals surface area contributed by atoms with Crippen molar-refractivity contribution in [3.8, 4) is 0 Å². The quantitative estimate of drug-likeness (QED) is 0.350. The van der Waals surface area contributed by atoms with Gasteiger partial charge >= 0.3 is 5.63 Å². The van der Waals surface area contributed by atoms with Crippen LogP contribution in [0.1, 0.15) is 10.4 Å². The monoisotopic (exact) mass is 539 g/mol. The van der Waals surface area contributed by atoms with E-state index in [0.29, 0.717) is 53.7 Å². The Bertz CT molecular complexity index is 1630. The largest absolute Gasteiger partial charge is 0.422 e. The van der Waals surface area contributed by atoms with Crippen molar-refractivity contribution >= 4 is 55.6 Å². The van der Waals surface area contributed by atoms with Crippen LogP contribution in [-0.2, 0) is 14.8 Å². The van der Waals surface area contributed by atoms with Crippen molar-refractivity contribution in [2.75, 3.05) is 41.2 Å². The van der Waals surface area contributed by atoms with Gasteiger partial charge in [0.15, 0.2) is 0 Å². The van der Waals surface area contributed by atoms with Crippen LogP contribution < -0.4 is 20.6 Å². The Hall–Kier alpha value is -3.86. The Balaban J connectivity index is 1.51. The van der Waals surface area contributed by atoms with E-state index < -0.39 is 21.6 Å². The topological polar surface area (TPSA) is 118 Å². The second-order valence-electron chi connectivity index (χ2n) is 8.33. The standard InChI is InChI=1S/C26H22ClN3O6S/c27-18-5-7-19(8-6-18)29-37(33,34)20-9-10-23(30-11-13-35-14-12-30)22(16-20)28-25(31)21-15-17-3-1-2-4-24(17)36-26(21)32/h1-10,15-16,29H,11-14H2,(H,28,31). The van der Waals surface area contributed by atoms with Crippen molar-refractivity contribution < 1.29 is 22.4 Å². The van der Waals surface area contributed by atoms with Crippen LogP contribution in [-0.4, -0.2) is 40.6 Å². The molecule has 5 rings (SSSR count). The van der Waals surface area contributed by atoms with Gasteiger partial charge in [0, 0.05) is 29.2 Å². The van der Waals surface area contributed by atoms with Gasteiger partial charge in [0.2, 0.25) is 0 Å². The molecule has 0 spiro atoms. The van der Waals surface area contributed by atoms with Gasteiger partial charge in [0.05, 0.1) is 29.5 Å². The first-order valence-corrected chi connectivity index (χ1v) is 13.3. The van der Waals surface area contributed by atoms with Gasteiger partial charge in [0.25, 0.3) is 15.9 Å². The molecule has 11 heteroatoms. The molecular weight excluding hydrogens is 518 g/mol. The smallest absolute Gasteiger partial charge is 0.349 e. The Labute approximate surface area is 217 Å². The van der Waals surface area contributed by atoms with Crippen LogP contribution in [0.25, 0.3) is 11.0 Å². The zero-order valence-electron chi connectivity index (χ0n) is 19.4. The number of carbonyl (C=O) groups excluding carboxylic acids is 1. The summed E-state index contributed by atoms with van der Waals surface area (Å²) in [4.78, 5) is 27.6. The summed E-state index contributed by atoms with van der Waals surface area (Å²) in [5.41, 5.74) is 0.544. The number of amides is 1. The first kappa shape index (κ1) is 24.8. The molecule has 0 unspecified atom stereocenters. The van der Waals surface area contributed by atoms with Crippen LogP contribution >= 0.6 is 11.6 Å². The average Bonchev–Trinajstić information content (AvgIpc) is 2.90. The summed E-state index contributed by atoms with van der Waals surface area (Å²) in [6, 6.07) is 19.0. The van der Waals surface area contributed by atoms with E-state index >= 15 is 0 Å². The molecule has 1 fully saturated rings. The first-order chi connectivity index (χ1) is 17.8. The van der Waals surface area contributed by atoms with Gasteiger partial charge in [-0.2, -0.15) is 0 Å². The maximum atomic E-state index is 13.2. The van der Waals surface area contributed by atoms with Crippen molar-refractivity contribution in [1.29, 1.82) is 0 Å². The second kappa shape index (κ2) is 10.3. The molecule has 9 nitrogen and oxygen atoms in total. The highest BCUT2D eigenvalue weighted by molar-refractivity contribution is 7.92. The fourth-order valence-corrected chi connectivity index (χ4v) is 5.21. The molecule has 1 amide bonds. The van der Waals surface area contributed by atoms with Gasteiger partial charge in [-0.15, -0.1) is 0 Å². The number of hydrogen-bond acceptors (Lipinski definition) is 7. The fraction of sp³-hybridized carbons (Fsp3) is 0.154. The lowest BCUT2D eigenvalue weighted by Gasteiger charge is -2.30. The number of morpholine rings is 1. The number of carbonyl (C=O) groups is 1. The number of fused-ring (bicyclic) bond motifs is 1. The predicted octanol–water partition coefficient (Wildman–Crippen LogP) is 4.34. The molecule has 1 aliphatic rings. The highest BCUT2D eigenvalue weighted by Crippen LogP contribution is 2.31. The Morgan fingerprint density at radius 2 is 1.68 bits per heavy atom. The van der Waals surface area contributed by atoms with Gasteiger partial charge in [-0.25, -0.2) is 13.2 Å². The van der Waals surface area contributed by atoms with E-state index in [0.717, 1.165) is 0 Å². The number of anilines is 3. The Morgan fingerprint density at radius 3 is 2.43 bits per heavy atom. The van der Waals surface area contributed by atoms with Crippen molar-refractivity contribution in [3.05, 3.63) is 93.8 Å². The normalized spacial score (nSPS) is 13.9. The molecular formula is C26H22ClN3O6S. The van der Waals surface area contributed by atoms with Crippen molar-refractivity contribution in [2.24, 2.45) is 0 Å². The third-order valence-electron chi connectivity index (χ3n) is 5.86. The van der Waals surface area contributed by atoms with Crippen LogP contribution in [0, 0.1) is 0 Å². The van der Waals surface area contributed by atoms with Crippen molar-refractivity contribution in [1.82, 2.24) is 0 Å². The van der Waals surface area contributed by atoms with Gasteiger partial charge in [-0.3, -0.25) is 9.52 Å². The summed E-state index contributed by atoms with van der Waals surface area (Å²) in [5.74, 6) is -0.714. The molecule has 2 heterocycles. The van der Waals surface area contributed by atoms with Gasteiger partial charge in [-0.1, -0.05) is 29.8 Å². The lowest BCUT2D eigenvalue weighted by Crippen LogP contribution is -2.37. The van der Waals surface area contributed by atoms with Gasteiger partial charge in [0.1, 0.15) is 11.1 Å². The Morgan fingerprint density at radius 1 is 0.946 bits per heavy atom. The number of nitrogens with one attached hydrogen (secondary N) is 2. The number of hydrogen-bond donors (Lipinski definition) is 2. The van der Waals surface area contributed by atoms with E-state index in [1.807, 2.05) is 4.90 Å². The molecule has 2 N–H and O–H groups in total. The van der Waals surface area contributed by atoms with Crippen LogP contribution in [0.3, 0.4) is 0 Å². The molecule has 0 bridgehead atoms. The number of ether oxygens (including phenoxy) is 1. The minimum atomic E-state index is -4.00. The van der Waals surface area contributed by atoms with Crippen LogP contribution in [0.4, 0.5) is 17.1 Å². The molecule has 1 aliphatic heterocycles. The van der Waals surface area contributed by atoms with Gasteiger partial charge in [-0.05, 0) is 54.6 Å². The molecule has 190 valence electrons. The summed E-state index contributed by atoms with van der Waals surface area (Å²) in [7, 11) is -4.00. The number of halogens is 1.